The second-order valence-electron chi connectivity index (χ2n) is 5.12. The van der Waals surface area contributed by atoms with Gasteiger partial charge >= 0.3 is 0 Å². The van der Waals surface area contributed by atoms with Crippen molar-refractivity contribution in [2.45, 2.75) is 32.3 Å². The molecule has 0 amide bonds. The molecule has 0 bridgehead atoms. The first-order valence-electron chi connectivity index (χ1n) is 7.18. The maximum absolute atomic E-state index is 8.80. The molecule has 3 heteroatoms. The first-order valence-corrected chi connectivity index (χ1v) is 7.18. The Morgan fingerprint density at radius 1 is 1.35 bits per heavy atom. The summed E-state index contributed by atoms with van der Waals surface area (Å²) in [6.45, 7) is 1.21. The minimum atomic E-state index is -0.131. The Hall–Kier alpha value is -1.50. The topological polar surface area (TPSA) is 38.7 Å². The van der Waals surface area contributed by atoms with Gasteiger partial charge in [-0.1, -0.05) is 31.1 Å². The van der Waals surface area contributed by atoms with Gasteiger partial charge in [-0.15, -0.1) is 0 Å². The average Bonchev–Trinajstić information content (AvgIpc) is 2.43. The van der Waals surface area contributed by atoms with E-state index < -0.39 is 0 Å². The molecule has 0 atom stereocenters. The van der Waals surface area contributed by atoms with E-state index in [-0.39, 0.29) is 6.61 Å². The number of hydrogen-bond acceptors (Lipinski definition) is 3. The second kappa shape index (κ2) is 7.94. The van der Waals surface area contributed by atoms with Gasteiger partial charge in [-0.05, 0) is 36.1 Å². The molecule has 0 aromatic heterocycles. The Labute approximate surface area is 120 Å². The van der Waals surface area contributed by atoms with Crippen molar-refractivity contribution < 1.29 is 14.6 Å². The third kappa shape index (κ3) is 4.26. The minimum Gasteiger partial charge on any atom is -0.497 e. The van der Waals surface area contributed by atoms with Crippen molar-refractivity contribution in [2.75, 3.05) is 20.3 Å². The molecule has 1 aliphatic carbocycles. The number of aliphatic hydroxyl groups excluding tert-OH is 1. The van der Waals surface area contributed by atoms with Crippen LogP contribution in [0.5, 0.6) is 5.75 Å². The monoisotopic (exact) mass is 274 g/mol. The SMILES string of the molecule is COc1ccc(C#CCO)c(COCCC2CCC2)c1. The summed E-state index contributed by atoms with van der Waals surface area (Å²) in [5, 5.41) is 8.80. The van der Waals surface area contributed by atoms with Crippen LogP contribution < -0.4 is 4.74 Å². The van der Waals surface area contributed by atoms with Crippen molar-refractivity contribution in [3.8, 4) is 17.6 Å². The van der Waals surface area contributed by atoms with Gasteiger partial charge in [0.25, 0.3) is 0 Å². The molecule has 3 nitrogen and oxygen atoms in total. The van der Waals surface area contributed by atoms with E-state index in [1.54, 1.807) is 7.11 Å². The third-order valence-electron chi connectivity index (χ3n) is 3.77. The molecule has 1 saturated carbocycles. The fourth-order valence-electron chi connectivity index (χ4n) is 2.29. The zero-order chi connectivity index (χ0) is 14.2. The fraction of sp³-hybridized carbons (Fsp3) is 0.529. The van der Waals surface area contributed by atoms with E-state index in [0.29, 0.717) is 6.61 Å². The van der Waals surface area contributed by atoms with Gasteiger partial charge in [-0.25, -0.2) is 0 Å². The highest BCUT2D eigenvalue weighted by atomic mass is 16.5. The molecule has 0 saturated heterocycles. The summed E-state index contributed by atoms with van der Waals surface area (Å²) >= 11 is 0. The van der Waals surface area contributed by atoms with E-state index in [4.69, 9.17) is 14.6 Å². The number of ether oxygens (including phenoxy) is 2. The molecular weight excluding hydrogens is 252 g/mol. The van der Waals surface area contributed by atoms with Gasteiger partial charge in [0.05, 0.1) is 13.7 Å². The van der Waals surface area contributed by atoms with Crippen molar-refractivity contribution >= 4 is 0 Å². The molecule has 1 aliphatic rings. The maximum Gasteiger partial charge on any atom is 0.119 e. The summed E-state index contributed by atoms with van der Waals surface area (Å²) in [6, 6.07) is 5.73. The standard InChI is InChI=1S/C17H22O3/c1-19-17-8-7-15(6-3-10-18)16(12-17)13-20-11-9-14-4-2-5-14/h7-8,12,14,18H,2,4-5,9-11,13H2,1H3. The van der Waals surface area contributed by atoms with Gasteiger partial charge in [0.2, 0.25) is 0 Å². The highest BCUT2D eigenvalue weighted by Gasteiger charge is 2.16. The summed E-state index contributed by atoms with van der Waals surface area (Å²) in [7, 11) is 1.65. The Balaban J connectivity index is 1.91. The van der Waals surface area contributed by atoms with Crippen LogP contribution >= 0.6 is 0 Å². The number of hydrogen-bond donors (Lipinski definition) is 1. The third-order valence-corrected chi connectivity index (χ3v) is 3.77. The zero-order valence-electron chi connectivity index (χ0n) is 12.0. The lowest BCUT2D eigenvalue weighted by Crippen LogP contribution is -2.13. The Bertz CT molecular complexity index is 481. The Morgan fingerprint density at radius 3 is 2.85 bits per heavy atom. The average molecular weight is 274 g/mol. The van der Waals surface area contributed by atoms with E-state index in [1.165, 1.54) is 19.3 Å². The molecule has 0 unspecified atom stereocenters. The van der Waals surface area contributed by atoms with Crippen molar-refractivity contribution in [3.05, 3.63) is 29.3 Å². The van der Waals surface area contributed by atoms with E-state index in [1.807, 2.05) is 18.2 Å². The largest absolute Gasteiger partial charge is 0.497 e. The van der Waals surface area contributed by atoms with Crippen LogP contribution in [0.4, 0.5) is 0 Å². The summed E-state index contributed by atoms with van der Waals surface area (Å²) in [4.78, 5) is 0. The lowest BCUT2D eigenvalue weighted by atomic mass is 9.83. The molecule has 2 rings (SSSR count). The van der Waals surface area contributed by atoms with Gasteiger partial charge in [0.1, 0.15) is 12.4 Å². The molecule has 20 heavy (non-hydrogen) atoms. The molecule has 1 aromatic rings. The zero-order valence-corrected chi connectivity index (χ0v) is 12.0. The quantitative estimate of drug-likeness (QED) is 0.640. The first kappa shape index (κ1) is 14.9. The van der Waals surface area contributed by atoms with Crippen LogP contribution in [0.25, 0.3) is 0 Å². The summed E-state index contributed by atoms with van der Waals surface area (Å²) in [5.41, 5.74) is 1.91. The van der Waals surface area contributed by atoms with Gasteiger partial charge in [0.15, 0.2) is 0 Å². The number of benzene rings is 1. The highest BCUT2D eigenvalue weighted by Crippen LogP contribution is 2.29. The molecule has 0 heterocycles. The summed E-state index contributed by atoms with van der Waals surface area (Å²) in [5.74, 6) is 7.30. The smallest absolute Gasteiger partial charge is 0.119 e. The van der Waals surface area contributed by atoms with Gasteiger partial charge in [-0.2, -0.15) is 0 Å². The molecule has 0 aliphatic heterocycles. The van der Waals surface area contributed by atoms with Crippen molar-refractivity contribution in [1.29, 1.82) is 0 Å². The molecular formula is C17H22O3. The lowest BCUT2D eigenvalue weighted by molar-refractivity contribution is 0.0947. The number of aliphatic hydroxyl groups is 1. The molecule has 0 spiro atoms. The molecule has 1 fully saturated rings. The van der Waals surface area contributed by atoms with Crippen LogP contribution in [0.15, 0.2) is 18.2 Å². The predicted octanol–water partition coefficient (Wildman–Crippen LogP) is 2.75. The minimum absolute atomic E-state index is 0.131. The fourth-order valence-corrected chi connectivity index (χ4v) is 2.29. The second-order valence-corrected chi connectivity index (χ2v) is 5.12. The first-order chi connectivity index (χ1) is 9.83. The Kier molecular flexibility index (Phi) is 5.91. The lowest BCUT2D eigenvalue weighted by Gasteiger charge is -2.24. The predicted molar refractivity (Wildman–Crippen MR) is 78.6 cm³/mol. The highest BCUT2D eigenvalue weighted by molar-refractivity contribution is 5.45. The number of methoxy groups -OCH3 is 1. The maximum atomic E-state index is 8.80. The summed E-state index contributed by atoms with van der Waals surface area (Å²) < 4.78 is 11.0. The number of rotatable bonds is 6. The normalized spacial score (nSPS) is 14.3. The van der Waals surface area contributed by atoms with Gasteiger partial charge in [0, 0.05) is 12.2 Å². The van der Waals surface area contributed by atoms with Crippen LogP contribution in [0, 0.1) is 17.8 Å². The molecule has 1 N–H and O–H groups in total. The molecule has 0 radical (unpaired) electrons. The van der Waals surface area contributed by atoms with Crippen LogP contribution in [0.1, 0.15) is 36.8 Å². The summed E-state index contributed by atoms with van der Waals surface area (Å²) in [6.07, 6.45) is 5.24. The van der Waals surface area contributed by atoms with Crippen LogP contribution in [-0.2, 0) is 11.3 Å². The van der Waals surface area contributed by atoms with Crippen molar-refractivity contribution in [1.82, 2.24) is 0 Å². The van der Waals surface area contributed by atoms with Crippen molar-refractivity contribution in [3.63, 3.8) is 0 Å². The molecule has 108 valence electrons. The van der Waals surface area contributed by atoms with E-state index in [9.17, 15) is 0 Å². The van der Waals surface area contributed by atoms with E-state index >= 15 is 0 Å². The van der Waals surface area contributed by atoms with Gasteiger partial charge < -0.3 is 14.6 Å². The Morgan fingerprint density at radius 2 is 2.20 bits per heavy atom. The van der Waals surface area contributed by atoms with Crippen LogP contribution in [-0.4, -0.2) is 25.4 Å². The van der Waals surface area contributed by atoms with Crippen molar-refractivity contribution in [2.24, 2.45) is 5.92 Å². The van der Waals surface area contributed by atoms with Crippen LogP contribution in [0.2, 0.25) is 0 Å². The van der Waals surface area contributed by atoms with E-state index in [0.717, 1.165) is 35.8 Å². The molecule has 1 aromatic carbocycles. The van der Waals surface area contributed by atoms with E-state index in [2.05, 4.69) is 11.8 Å². The van der Waals surface area contributed by atoms with Gasteiger partial charge in [-0.3, -0.25) is 0 Å². The van der Waals surface area contributed by atoms with Crippen LogP contribution in [0.3, 0.4) is 0 Å².